The average molecular weight is 260 g/mol. The Bertz CT molecular complexity index is 474. The predicted molar refractivity (Wildman–Crippen MR) is 59.4 cm³/mol. The van der Waals surface area contributed by atoms with Crippen LogP contribution in [-0.2, 0) is 11.0 Å². The molecule has 0 unspecified atom stereocenters. The van der Waals surface area contributed by atoms with Crippen molar-refractivity contribution in [3.8, 4) is 0 Å². The van der Waals surface area contributed by atoms with Crippen LogP contribution in [0, 0.1) is 0 Å². The Labute approximate surface area is 101 Å². The SMILES string of the molecule is O=C1CN(CCO)c2ccc(C(F)(F)F)cc2N1. The van der Waals surface area contributed by atoms with Crippen molar-refractivity contribution in [3.05, 3.63) is 23.8 Å². The normalized spacial score (nSPS) is 15.3. The summed E-state index contributed by atoms with van der Waals surface area (Å²) in [4.78, 5) is 12.9. The first-order valence-corrected chi connectivity index (χ1v) is 5.28. The molecule has 0 fully saturated rings. The van der Waals surface area contributed by atoms with Crippen LogP contribution in [0.15, 0.2) is 18.2 Å². The highest BCUT2D eigenvalue weighted by atomic mass is 19.4. The molecule has 1 heterocycles. The molecule has 7 heteroatoms. The molecule has 1 aromatic rings. The Morgan fingerprint density at radius 1 is 1.39 bits per heavy atom. The molecule has 2 rings (SSSR count). The number of carbonyl (C=O) groups excluding carboxylic acids is 1. The third-order valence-corrected chi connectivity index (χ3v) is 2.64. The van der Waals surface area contributed by atoms with Gasteiger partial charge in [-0.25, -0.2) is 0 Å². The Morgan fingerprint density at radius 3 is 2.72 bits per heavy atom. The lowest BCUT2D eigenvalue weighted by atomic mass is 10.1. The van der Waals surface area contributed by atoms with E-state index in [4.69, 9.17) is 5.11 Å². The maximum atomic E-state index is 12.5. The summed E-state index contributed by atoms with van der Waals surface area (Å²) in [5.41, 5.74) is -0.210. The molecule has 0 bridgehead atoms. The van der Waals surface area contributed by atoms with Crippen molar-refractivity contribution >= 4 is 17.3 Å². The van der Waals surface area contributed by atoms with Gasteiger partial charge in [0.2, 0.25) is 5.91 Å². The van der Waals surface area contributed by atoms with Crippen molar-refractivity contribution in [1.29, 1.82) is 0 Å². The molecule has 0 saturated carbocycles. The molecule has 0 radical (unpaired) electrons. The monoisotopic (exact) mass is 260 g/mol. The van der Waals surface area contributed by atoms with Crippen LogP contribution in [0.2, 0.25) is 0 Å². The van der Waals surface area contributed by atoms with Crippen molar-refractivity contribution in [1.82, 2.24) is 0 Å². The maximum absolute atomic E-state index is 12.5. The highest BCUT2D eigenvalue weighted by Gasteiger charge is 2.32. The topological polar surface area (TPSA) is 52.6 Å². The van der Waals surface area contributed by atoms with Crippen molar-refractivity contribution in [3.63, 3.8) is 0 Å². The number of anilines is 2. The smallest absolute Gasteiger partial charge is 0.395 e. The van der Waals surface area contributed by atoms with Gasteiger partial charge in [-0.2, -0.15) is 13.2 Å². The number of aliphatic hydroxyl groups excluding tert-OH is 1. The molecule has 1 amide bonds. The van der Waals surface area contributed by atoms with Gasteiger partial charge in [-0.3, -0.25) is 4.79 Å². The number of hydrogen-bond donors (Lipinski definition) is 2. The number of aliphatic hydroxyl groups is 1. The van der Waals surface area contributed by atoms with E-state index in [9.17, 15) is 18.0 Å². The molecule has 0 saturated heterocycles. The number of nitrogens with zero attached hydrogens (tertiary/aromatic N) is 1. The van der Waals surface area contributed by atoms with Gasteiger partial charge in [-0.15, -0.1) is 0 Å². The zero-order valence-electron chi connectivity index (χ0n) is 9.29. The van der Waals surface area contributed by atoms with Gasteiger partial charge >= 0.3 is 6.18 Å². The van der Waals surface area contributed by atoms with E-state index in [1.165, 1.54) is 11.0 Å². The molecule has 1 aromatic carbocycles. The summed E-state index contributed by atoms with van der Waals surface area (Å²) < 4.78 is 37.6. The number of benzene rings is 1. The van der Waals surface area contributed by atoms with Gasteiger partial charge in [-0.1, -0.05) is 0 Å². The molecule has 1 aliphatic rings. The van der Waals surface area contributed by atoms with Crippen molar-refractivity contribution < 1.29 is 23.1 Å². The third-order valence-electron chi connectivity index (χ3n) is 2.64. The second-order valence-electron chi connectivity index (χ2n) is 3.92. The van der Waals surface area contributed by atoms with E-state index in [1.807, 2.05) is 0 Å². The van der Waals surface area contributed by atoms with E-state index in [1.54, 1.807) is 0 Å². The third kappa shape index (κ3) is 2.40. The Hall–Kier alpha value is -1.76. The first kappa shape index (κ1) is 12.7. The van der Waals surface area contributed by atoms with Crippen LogP contribution in [-0.4, -0.2) is 30.7 Å². The summed E-state index contributed by atoms with van der Waals surface area (Å²) in [6.07, 6.45) is -4.45. The first-order valence-electron chi connectivity index (χ1n) is 5.28. The molecule has 4 nitrogen and oxygen atoms in total. The predicted octanol–water partition coefficient (Wildman–Crippen LogP) is 1.46. The van der Waals surface area contributed by atoms with Crippen LogP contribution in [0.25, 0.3) is 0 Å². The molecular formula is C11H11F3N2O2. The van der Waals surface area contributed by atoms with Crippen LogP contribution >= 0.6 is 0 Å². The number of carbonyl (C=O) groups is 1. The van der Waals surface area contributed by atoms with Gasteiger partial charge in [0.1, 0.15) is 0 Å². The average Bonchev–Trinajstić information content (AvgIpc) is 2.27. The highest BCUT2D eigenvalue weighted by Crippen LogP contribution is 2.36. The lowest BCUT2D eigenvalue weighted by Crippen LogP contribution is -2.39. The van der Waals surface area contributed by atoms with E-state index in [0.29, 0.717) is 5.69 Å². The van der Waals surface area contributed by atoms with Gasteiger partial charge in [0.05, 0.1) is 30.1 Å². The number of nitrogens with one attached hydrogen (secondary N) is 1. The summed E-state index contributed by atoms with van der Waals surface area (Å²) in [5, 5.41) is 11.3. The second-order valence-corrected chi connectivity index (χ2v) is 3.92. The van der Waals surface area contributed by atoms with Crippen molar-refractivity contribution in [2.24, 2.45) is 0 Å². The largest absolute Gasteiger partial charge is 0.416 e. The fourth-order valence-corrected chi connectivity index (χ4v) is 1.86. The van der Waals surface area contributed by atoms with Crippen molar-refractivity contribution in [2.75, 3.05) is 29.9 Å². The van der Waals surface area contributed by atoms with Gasteiger partial charge in [-0.05, 0) is 18.2 Å². The van der Waals surface area contributed by atoms with E-state index in [2.05, 4.69) is 5.32 Å². The summed E-state index contributed by atoms with van der Waals surface area (Å²) in [7, 11) is 0. The number of fused-ring (bicyclic) bond motifs is 1. The van der Waals surface area contributed by atoms with Crippen LogP contribution in [0.1, 0.15) is 5.56 Å². The quantitative estimate of drug-likeness (QED) is 0.846. The van der Waals surface area contributed by atoms with E-state index < -0.39 is 17.6 Å². The summed E-state index contributed by atoms with van der Waals surface area (Å²) in [6.45, 7) is 0.0540. The zero-order chi connectivity index (χ0) is 13.3. The number of alkyl halides is 3. The lowest BCUT2D eigenvalue weighted by molar-refractivity contribution is -0.137. The molecule has 0 aliphatic carbocycles. The molecule has 0 aromatic heterocycles. The first-order chi connectivity index (χ1) is 8.41. The molecular weight excluding hydrogens is 249 g/mol. The number of halogens is 3. The number of β-amino-alcohol motifs (C(OH)–C–C–N with tert-alkyl or cyclic N) is 1. The van der Waals surface area contributed by atoms with Gasteiger partial charge in [0, 0.05) is 6.54 Å². The van der Waals surface area contributed by atoms with E-state index >= 15 is 0 Å². The molecule has 1 aliphatic heterocycles. The fourth-order valence-electron chi connectivity index (χ4n) is 1.86. The molecule has 0 spiro atoms. The van der Waals surface area contributed by atoms with Crippen LogP contribution < -0.4 is 10.2 Å². The lowest BCUT2D eigenvalue weighted by Gasteiger charge is -2.30. The van der Waals surface area contributed by atoms with Crippen LogP contribution in [0.4, 0.5) is 24.5 Å². The standard InChI is InChI=1S/C11H11F3N2O2/c12-11(13,14)7-1-2-9-8(5-7)15-10(18)6-16(9)3-4-17/h1-2,5,17H,3-4,6H2,(H,15,18). The Kier molecular flexibility index (Phi) is 3.16. The molecule has 2 N–H and O–H groups in total. The van der Waals surface area contributed by atoms with Gasteiger partial charge in [0.15, 0.2) is 0 Å². The highest BCUT2D eigenvalue weighted by molar-refractivity contribution is 6.01. The Morgan fingerprint density at radius 2 is 2.11 bits per heavy atom. The van der Waals surface area contributed by atoms with E-state index in [-0.39, 0.29) is 25.4 Å². The molecule has 18 heavy (non-hydrogen) atoms. The van der Waals surface area contributed by atoms with Gasteiger partial charge in [0.25, 0.3) is 0 Å². The minimum absolute atomic E-state index is 0.0267. The van der Waals surface area contributed by atoms with Crippen molar-refractivity contribution in [2.45, 2.75) is 6.18 Å². The fraction of sp³-hybridized carbons (Fsp3) is 0.364. The maximum Gasteiger partial charge on any atom is 0.416 e. The molecule has 0 atom stereocenters. The summed E-state index contributed by atoms with van der Waals surface area (Å²) >= 11 is 0. The van der Waals surface area contributed by atoms with Gasteiger partial charge < -0.3 is 15.3 Å². The minimum Gasteiger partial charge on any atom is -0.395 e. The second kappa shape index (κ2) is 4.49. The van der Waals surface area contributed by atoms with E-state index in [0.717, 1.165) is 12.1 Å². The summed E-state index contributed by atoms with van der Waals surface area (Å²) in [5.74, 6) is -0.393. The number of amides is 1. The number of rotatable bonds is 2. The minimum atomic E-state index is -4.45. The Balaban J connectivity index is 2.40. The van der Waals surface area contributed by atoms with Crippen LogP contribution in [0.5, 0.6) is 0 Å². The zero-order valence-corrected chi connectivity index (χ0v) is 9.29. The number of hydrogen-bond acceptors (Lipinski definition) is 3. The van der Waals surface area contributed by atoms with Crippen LogP contribution in [0.3, 0.4) is 0 Å². The summed E-state index contributed by atoms with van der Waals surface area (Å²) in [6, 6.07) is 3.16. The molecule has 98 valence electrons.